The second kappa shape index (κ2) is 7.60. The summed E-state index contributed by atoms with van der Waals surface area (Å²) in [5, 5.41) is 12.9. The average molecular weight is 315 g/mol. The summed E-state index contributed by atoms with van der Waals surface area (Å²) < 4.78 is 5.32. The molecule has 0 aliphatic heterocycles. The normalized spacial score (nSPS) is 11.0. The van der Waals surface area contributed by atoms with Crippen LogP contribution in [0.15, 0.2) is 39.9 Å². The quantitative estimate of drug-likeness (QED) is 0.632. The maximum absolute atomic E-state index is 12.0. The minimum absolute atomic E-state index is 0.110. The van der Waals surface area contributed by atoms with Crippen molar-refractivity contribution >= 4 is 17.8 Å². The predicted octanol–water partition coefficient (Wildman–Crippen LogP) is 2.09. The van der Waals surface area contributed by atoms with E-state index < -0.39 is 0 Å². The first-order valence-electron chi connectivity index (χ1n) is 7.33. The Balaban J connectivity index is 1.95. The molecule has 0 saturated carbocycles. The van der Waals surface area contributed by atoms with Gasteiger partial charge in [-0.3, -0.25) is 4.79 Å². The molecule has 0 spiro atoms. The maximum atomic E-state index is 12.0. The van der Waals surface area contributed by atoms with Gasteiger partial charge < -0.3 is 14.4 Å². The van der Waals surface area contributed by atoms with Crippen molar-refractivity contribution in [3.8, 4) is 0 Å². The molecule has 0 aliphatic rings. The molecule has 1 aromatic carbocycles. The van der Waals surface area contributed by atoms with Gasteiger partial charge in [0.2, 0.25) is 0 Å². The molecular formula is C17H21N3O3. The number of likely N-dealkylation sites (N-methyl/N-ethyl adjacent to an activating group) is 1. The lowest BCUT2D eigenvalue weighted by Crippen LogP contribution is -2.20. The lowest BCUT2D eigenvalue weighted by atomic mass is 10.2. The van der Waals surface area contributed by atoms with Crippen LogP contribution in [0.5, 0.6) is 0 Å². The zero-order chi connectivity index (χ0) is 16.8. The molecule has 0 fully saturated rings. The van der Waals surface area contributed by atoms with E-state index in [-0.39, 0.29) is 12.5 Å². The summed E-state index contributed by atoms with van der Waals surface area (Å²) in [5.41, 5.74) is 4.84. The molecule has 0 aliphatic carbocycles. The van der Waals surface area contributed by atoms with Gasteiger partial charge in [-0.15, -0.1) is 0 Å². The Morgan fingerprint density at radius 1 is 1.35 bits per heavy atom. The molecule has 0 bridgehead atoms. The third kappa shape index (κ3) is 4.43. The number of hydrazone groups is 1. The molecule has 0 radical (unpaired) electrons. The first kappa shape index (κ1) is 16.8. The second-order valence-corrected chi connectivity index (χ2v) is 5.26. The van der Waals surface area contributed by atoms with E-state index >= 15 is 0 Å². The second-order valence-electron chi connectivity index (χ2n) is 5.26. The lowest BCUT2D eigenvalue weighted by Gasteiger charge is -2.17. The Morgan fingerprint density at radius 2 is 2.04 bits per heavy atom. The first-order chi connectivity index (χ1) is 11.0. The molecular weight excluding hydrogens is 294 g/mol. The van der Waals surface area contributed by atoms with Gasteiger partial charge in [0.25, 0.3) is 5.91 Å². The van der Waals surface area contributed by atoms with Crippen molar-refractivity contribution in [1.29, 1.82) is 0 Å². The minimum atomic E-state index is -0.296. The van der Waals surface area contributed by atoms with Crippen LogP contribution in [0.1, 0.15) is 27.4 Å². The van der Waals surface area contributed by atoms with Crippen LogP contribution in [0.3, 0.4) is 0 Å². The van der Waals surface area contributed by atoms with Gasteiger partial charge in [0, 0.05) is 19.3 Å². The van der Waals surface area contributed by atoms with Crippen LogP contribution < -0.4 is 10.3 Å². The van der Waals surface area contributed by atoms with Gasteiger partial charge in [-0.05, 0) is 37.6 Å². The molecule has 1 aromatic heterocycles. The molecule has 0 unspecified atom stereocenters. The standard InChI is InChI=1S/C17H21N3O3/c1-12-10-16(13(2)23-12)17(22)19-18-11-14-4-6-15(7-5-14)20(3)8-9-21/h4-7,10-11,21H,8-9H2,1-3H3,(H,19,22)/b18-11-. The van der Waals surface area contributed by atoms with Crippen LogP contribution in [-0.2, 0) is 0 Å². The number of furan rings is 1. The van der Waals surface area contributed by atoms with E-state index in [0.717, 1.165) is 11.3 Å². The van der Waals surface area contributed by atoms with E-state index in [1.807, 2.05) is 36.2 Å². The predicted molar refractivity (Wildman–Crippen MR) is 90.0 cm³/mol. The Kier molecular flexibility index (Phi) is 5.54. The number of aliphatic hydroxyl groups is 1. The number of hydrogen-bond donors (Lipinski definition) is 2. The molecule has 6 heteroatoms. The fourth-order valence-electron chi connectivity index (χ4n) is 2.18. The molecule has 2 N–H and O–H groups in total. The van der Waals surface area contributed by atoms with Crippen molar-refractivity contribution in [3.63, 3.8) is 0 Å². The third-order valence-electron chi connectivity index (χ3n) is 3.43. The SMILES string of the molecule is Cc1cc(C(=O)N/N=C\c2ccc(N(C)CCO)cc2)c(C)o1. The number of amides is 1. The van der Waals surface area contributed by atoms with E-state index in [4.69, 9.17) is 9.52 Å². The number of anilines is 1. The number of carbonyl (C=O) groups excluding carboxylic acids is 1. The van der Waals surface area contributed by atoms with Gasteiger partial charge in [-0.2, -0.15) is 5.10 Å². The molecule has 6 nitrogen and oxygen atoms in total. The highest BCUT2D eigenvalue weighted by Crippen LogP contribution is 2.14. The van der Waals surface area contributed by atoms with Crippen LogP contribution in [0.25, 0.3) is 0 Å². The largest absolute Gasteiger partial charge is 0.466 e. The van der Waals surface area contributed by atoms with Gasteiger partial charge in [-0.25, -0.2) is 5.43 Å². The molecule has 1 amide bonds. The summed E-state index contributed by atoms with van der Waals surface area (Å²) in [6.07, 6.45) is 1.58. The van der Waals surface area contributed by atoms with Gasteiger partial charge >= 0.3 is 0 Å². The van der Waals surface area contributed by atoms with Crippen molar-refractivity contribution < 1.29 is 14.3 Å². The summed E-state index contributed by atoms with van der Waals surface area (Å²) in [5.74, 6) is 0.973. The van der Waals surface area contributed by atoms with E-state index in [9.17, 15) is 4.79 Å². The molecule has 122 valence electrons. The Morgan fingerprint density at radius 3 is 2.61 bits per heavy atom. The fraction of sp³-hybridized carbons (Fsp3) is 0.294. The van der Waals surface area contributed by atoms with E-state index in [1.54, 1.807) is 26.1 Å². The molecule has 0 atom stereocenters. The van der Waals surface area contributed by atoms with Gasteiger partial charge in [0.05, 0.1) is 18.4 Å². The topological polar surface area (TPSA) is 78.1 Å². The Hall–Kier alpha value is -2.60. The van der Waals surface area contributed by atoms with Crippen molar-refractivity contribution in [2.75, 3.05) is 25.1 Å². The van der Waals surface area contributed by atoms with Crippen LogP contribution in [0.2, 0.25) is 0 Å². The zero-order valence-electron chi connectivity index (χ0n) is 13.5. The lowest BCUT2D eigenvalue weighted by molar-refractivity contribution is 0.0953. The Labute approximate surface area is 135 Å². The van der Waals surface area contributed by atoms with Crippen molar-refractivity contribution in [2.45, 2.75) is 13.8 Å². The van der Waals surface area contributed by atoms with Crippen LogP contribution in [-0.4, -0.2) is 37.4 Å². The number of benzene rings is 1. The van der Waals surface area contributed by atoms with Gasteiger partial charge in [0.1, 0.15) is 11.5 Å². The molecule has 1 heterocycles. The Bertz CT molecular complexity index is 690. The van der Waals surface area contributed by atoms with Gasteiger partial charge in [-0.1, -0.05) is 12.1 Å². The number of rotatable bonds is 6. The first-order valence-corrected chi connectivity index (χ1v) is 7.33. The third-order valence-corrected chi connectivity index (χ3v) is 3.43. The summed E-state index contributed by atoms with van der Waals surface area (Å²) in [7, 11) is 1.91. The number of aliphatic hydroxyl groups excluding tert-OH is 1. The number of carbonyl (C=O) groups is 1. The van der Waals surface area contributed by atoms with Crippen LogP contribution in [0, 0.1) is 13.8 Å². The highest BCUT2D eigenvalue weighted by Gasteiger charge is 2.12. The number of aryl methyl sites for hydroxylation is 2. The summed E-state index contributed by atoms with van der Waals surface area (Å²) in [6.45, 7) is 4.22. The fourth-order valence-corrected chi connectivity index (χ4v) is 2.18. The van der Waals surface area contributed by atoms with Crippen LogP contribution in [0.4, 0.5) is 5.69 Å². The van der Waals surface area contributed by atoms with Crippen molar-refractivity contribution in [3.05, 3.63) is 53.0 Å². The number of nitrogens with zero attached hydrogens (tertiary/aromatic N) is 2. The molecule has 23 heavy (non-hydrogen) atoms. The van der Waals surface area contributed by atoms with Crippen LogP contribution >= 0.6 is 0 Å². The maximum Gasteiger partial charge on any atom is 0.274 e. The zero-order valence-corrected chi connectivity index (χ0v) is 13.5. The minimum Gasteiger partial charge on any atom is -0.466 e. The highest BCUT2D eigenvalue weighted by atomic mass is 16.3. The number of hydrogen-bond acceptors (Lipinski definition) is 5. The van der Waals surface area contributed by atoms with E-state index in [0.29, 0.717) is 23.6 Å². The van der Waals surface area contributed by atoms with Crippen molar-refractivity contribution in [2.24, 2.45) is 5.10 Å². The smallest absolute Gasteiger partial charge is 0.274 e. The summed E-state index contributed by atoms with van der Waals surface area (Å²) in [6, 6.07) is 9.34. The van der Waals surface area contributed by atoms with Crippen molar-refractivity contribution in [1.82, 2.24) is 5.43 Å². The van der Waals surface area contributed by atoms with Gasteiger partial charge in [0.15, 0.2) is 0 Å². The highest BCUT2D eigenvalue weighted by molar-refractivity contribution is 5.95. The van der Waals surface area contributed by atoms with E-state index in [1.165, 1.54) is 0 Å². The molecule has 2 rings (SSSR count). The average Bonchev–Trinajstić information content (AvgIpc) is 2.87. The molecule has 0 saturated heterocycles. The monoisotopic (exact) mass is 315 g/mol. The molecule has 2 aromatic rings. The number of nitrogens with one attached hydrogen (secondary N) is 1. The van der Waals surface area contributed by atoms with E-state index in [2.05, 4.69) is 10.5 Å². The summed E-state index contributed by atoms with van der Waals surface area (Å²) >= 11 is 0. The summed E-state index contributed by atoms with van der Waals surface area (Å²) in [4.78, 5) is 13.9.